The van der Waals surface area contributed by atoms with Crippen LogP contribution in [-0.4, -0.2) is 41.0 Å². The molecule has 0 saturated carbocycles. The predicted octanol–water partition coefficient (Wildman–Crippen LogP) is 2.39. The minimum absolute atomic E-state index is 0.108. The van der Waals surface area contributed by atoms with Gasteiger partial charge in [0.2, 0.25) is 0 Å². The topological polar surface area (TPSA) is 69.0 Å². The summed E-state index contributed by atoms with van der Waals surface area (Å²) < 4.78 is 0. The van der Waals surface area contributed by atoms with Gasteiger partial charge in [0.25, 0.3) is 5.91 Å². The van der Waals surface area contributed by atoms with Crippen LogP contribution in [0.4, 0.5) is 0 Å². The Balaban J connectivity index is 1.56. The molecule has 2 bridgehead atoms. The largest absolute Gasteiger partial charge is 0.347 e. The minimum Gasteiger partial charge on any atom is -0.347 e. The lowest BCUT2D eigenvalue weighted by Gasteiger charge is -2.51. The highest BCUT2D eigenvalue weighted by molar-refractivity contribution is 5.96. The van der Waals surface area contributed by atoms with E-state index in [0.29, 0.717) is 17.0 Å². The van der Waals surface area contributed by atoms with Gasteiger partial charge in [0.05, 0.1) is 17.2 Å². The fourth-order valence-electron chi connectivity index (χ4n) is 4.39. The van der Waals surface area contributed by atoms with Crippen molar-refractivity contribution >= 4 is 5.91 Å². The number of hydrogen-bond acceptors (Lipinski definition) is 4. The Labute approximate surface area is 153 Å². The first-order valence-electron chi connectivity index (χ1n) is 9.19. The number of nitrogens with zero attached hydrogens (tertiary/aromatic N) is 3. The molecule has 5 rings (SSSR count). The quantitative estimate of drug-likeness (QED) is 0.923. The summed E-state index contributed by atoms with van der Waals surface area (Å²) in [7, 11) is 0. The second kappa shape index (κ2) is 7.27. The summed E-state index contributed by atoms with van der Waals surface area (Å²) in [5.74, 6) is 0.358. The third-order valence-corrected chi connectivity index (χ3v) is 5.72. The molecule has 2 aromatic rings. The maximum atomic E-state index is 12.9. The van der Waals surface area contributed by atoms with Crippen LogP contribution in [0, 0.1) is 17.2 Å². The minimum atomic E-state index is -0.142. The average molecular weight is 346 g/mol. The molecule has 0 radical (unpaired) electrons. The lowest BCUT2D eigenvalue weighted by Crippen LogP contribution is -2.64. The standard InChI is InChI=1S/C21H22N4O/c22-13-17-5-1-2-6-18(17)21(26)24-20-16-7-10-25(11-8-16)19(20)12-15-4-3-9-23-14-15/h1-6,9,14,16,19-20H,7-8,10-12H2,(H,24,26). The molecule has 1 aromatic carbocycles. The highest BCUT2D eigenvalue weighted by atomic mass is 16.1. The number of fused-ring (bicyclic) bond motifs is 3. The summed E-state index contributed by atoms with van der Waals surface area (Å²) in [4.78, 5) is 19.6. The van der Waals surface area contributed by atoms with E-state index in [2.05, 4.69) is 27.3 Å². The van der Waals surface area contributed by atoms with E-state index in [-0.39, 0.29) is 18.0 Å². The number of hydrogen-bond donors (Lipinski definition) is 1. The van der Waals surface area contributed by atoms with Gasteiger partial charge in [0, 0.05) is 24.5 Å². The number of aromatic nitrogens is 1. The smallest absolute Gasteiger partial charge is 0.252 e. The van der Waals surface area contributed by atoms with Gasteiger partial charge in [-0.05, 0) is 62.0 Å². The van der Waals surface area contributed by atoms with Crippen molar-refractivity contribution in [3.8, 4) is 6.07 Å². The lowest BCUT2D eigenvalue weighted by atomic mass is 9.76. The van der Waals surface area contributed by atoms with Crippen molar-refractivity contribution in [1.82, 2.24) is 15.2 Å². The molecular weight excluding hydrogens is 324 g/mol. The van der Waals surface area contributed by atoms with E-state index in [1.54, 1.807) is 30.5 Å². The Morgan fingerprint density at radius 3 is 2.77 bits per heavy atom. The molecule has 1 N–H and O–H groups in total. The zero-order valence-electron chi connectivity index (χ0n) is 14.6. The van der Waals surface area contributed by atoms with Crippen molar-refractivity contribution in [3.05, 3.63) is 65.5 Å². The van der Waals surface area contributed by atoms with E-state index >= 15 is 0 Å². The highest BCUT2D eigenvalue weighted by Gasteiger charge is 2.42. The summed E-state index contributed by atoms with van der Waals surface area (Å²) in [6, 6.07) is 13.6. The summed E-state index contributed by atoms with van der Waals surface area (Å²) in [6.45, 7) is 2.19. The first-order valence-corrected chi connectivity index (χ1v) is 9.19. The number of benzene rings is 1. The van der Waals surface area contributed by atoms with Crippen molar-refractivity contribution in [2.45, 2.75) is 31.3 Å². The van der Waals surface area contributed by atoms with Gasteiger partial charge in [-0.1, -0.05) is 18.2 Å². The van der Waals surface area contributed by atoms with Gasteiger partial charge in [-0.25, -0.2) is 0 Å². The number of amides is 1. The summed E-state index contributed by atoms with van der Waals surface area (Å²) in [6.07, 6.45) is 6.82. The molecule has 5 nitrogen and oxygen atoms in total. The second-order valence-corrected chi connectivity index (χ2v) is 7.16. The lowest BCUT2D eigenvalue weighted by molar-refractivity contribution is 0.0136. The maximum absolute atomic E-state index is 12.9. The van der Waals surface area contributed by atoms with Gasteiger partial charge in [-0.3, -0.25) is 14.7 Å². The van der Waals surface area contributed by atoms with Gasteiger partial charge in [-0.2, -0.15) is 5.26 Å². The Morgan fingerprint density at radius 2 is 2.04 bits per heavy atom. The molecule has 1 amide bonds. The van der Waals surface area contributed by atoms with Crippen LogP contribution in [0.15, 0.2) is 48.8 Å². The molecule has 2 unspecified atom stereocenters. The van der Waals surface area contributed by atoms with E-state index in [9.17, 15) is 10.1 Å². The number of nitriles is 1. The molecule has 3 aliphatic rings. The van der Waals surface area contributed by atoms with Gasteiger partial charge < -0.3 is 5.32 Å². The van der Waals surface area contributed by atoms with E-state index in [1.807, 2.05) is 12.3 Å². The third-order valence-electron chi connectivity index (χ3n) is 5.72. The summed E-state index contributed by atoms with van der Waals surface area (Å²) in [5, 5.41) is 12.5. The first-order chi connectivity index (χ1) is 12.8. The molecular formula is C21H22N4O. The molecule has 3 saturated heterocycles. The Hall–Kier alpha value is -2.71. The zero-order valence-corrected chi connectivity index (χ0v) is 14.6. The number of pyridine rings is 1. The monoisotopic (exact) mass is 346 g/mol. The Bertz CT molecular complexity index is 821. The van der Waals surface area contributed by atoms with Crippen LogP contribution in [0.2, 0.25) is 0 Å². The van der Waals surface area contributed by atoms with Gasteiger partial charge in [-0.15, -0.1) is 0 Å². The van der Waals surface area contributed by atoms with Crippen LogP contribution in [0.3, 0.4) is 0 Å². The fraction of sp³-hybridized carbons (Fsp3) is 0.381. The maximum Gasteiger partial charge on any atom is 0.252 e. The molecule has 132 valence electrons. The number of carbonyl (C=O) groups excluding carboxylic acids is 1. The van der Waals surface area contributed by atoms with Crippen LogP contribution in [0.1, 0.15) is 34.3 Å². The zero-order chi connectivity index (χ0) is 17.9. The SMILES string of the molecule is N#Cc1ccccc1C(=O)NC1C2CCN(CC2)C1Cc1cccnc1. The molecule has 0 aliphatic carbocycles. The molecule has 3 fully saturated rings. The van der Waals surface area contributed by atoms with E-state index in [0.717, 1.165) is 32.4 Å². The highest BCUT2D eigenvalue weighted by Crippen LogP contribution is 2.34. The molecule has 5 heteroatoms. The van der Waals surface area contributed by atoms with Crippen molar-refractivity contribution < 1.29 is 4.79 Å². The summed E-state index contributed by atoms with van der Waals surface area (Å²) >= 11 is 0. The molecule has 3 aliphatic heterocycles. The first kappa shape index (κ1) is 16.7. The summed E-state index contributed by atoms with van der Waals surface area (Å²) in [5.41, 5.74) is 2.09. The second-order valence-electron chi connectivity index (χ2n) is 7.16. The third kappa shape index (κ3) is 3.21. The van der Waals surface area contributed by atoms with Crippen molar-refractivity contribution in [2.24, 2.45) is 5.92 Å². The molecule has 26 heavy (non-hydrogen) atoms. The molecule has 0 spiro atoms. The Kier molecular flexibility index (Phi) is 4.68. The van der Waals surface area contributed by atoms with E-state index in [1.165, 1.54) is 5.56 Å². The number of piperidine rings is 3. The van der Waals surface area contributed by atoms with Gasteiger partial charge in [0.15, 0.2) is 0 Å². The Morgan fingerprint density at radius 1 is 1.23 bits per heavy atom. The fourth-order valence-corrected chi connectivity index (χ4v) is 4.39. The van der Waals surface area contributed by atoms with Crippen LogP contribution in [0.25, 0.3) is 0 Å². The van der Waals surface area contributed by atoms with Crippen molar-refractivity contribution in [2.75, 3.05) is 13.1 Å². The van der Waals surface area contributed by atoms with Gasteiger partial charge >= 0.3 is 0 Å². The van der Waals surface area contributed by atoms with Gasteiger partial charge in [0.1, 0.15) is 0 Å². The molecule has 4 heterocycles. The van der Waals surface area contributed by atoms with Crippen LogP contribution in [0.5, 0.6) is 0 Å². The average Bonchev–Trinajstić information content (AvgIpc) is 2.71. The van der Waals surface area contributed by atoms with Crippen LogP contribution in [-0.2, 0) is 6.42 Å². The normalized spacial score (nSPS) is 26.9. The predicted molar refractivity (Wildman–Crippen MR) is 98.4 cm³/mol. The van der Waals surface area contributed by atoms with Crippen molar-refractivity contribution in [1.29, 1.82) is 5.26 Å². The van der Waals surface area contributed by atoms with Crippen LogP contribution < -0.4 is 5.32 Å². The number of carbonyl (C=O) groups is 1. The van der Waals surface area contributed by atoms with E-state index < -0.39 is 0 Å². The van der Waals surface area contributed by atoms with Crippen LogP contribution >= 0.6 is 0 Å². The van der Waals surface area contributed by atoms with Crippen molar-refractivity contribution in [3.63, 3.8) is 0 Å². The van der Waals surface area contributed by atoms with E-state index in [4.69, 9.17) is 0 Å². The molecule has 2 atom stereocenters. The molecule has 1 aromatic heterocycles. The number of rotatable bonds is 4. The number of nitrogens with one attached hydrogen (secondary N) is 1.